The van der Waals surface area contributed by atoms with E-state index in [-0.39, 0.29) is 6.04 Å². The highest BCUT2D eigenvalue weighted by Crippen LogP contribution is 2.37. The van der Waals surface area contributed by atoms with Crippen molar-refractivity contribution in [3.63, 3.8) is 0 Å². The molecular formula is C10H14N2O. The van der Waals surface area contributed by atoms with Gasteiger partial charge in [0.1, 0.15) is 5.75 Å². The van der Waals surface area contributed by atoms with Crippen molar-refractivity contribution < 1.29 is 4.74 Å². The molecule has 2 rings (SSSR count). The van der Waals surface area contributed by atoms with Gasteiger partial charge in [0.2, 0.25) is 0 Å². The zero-order chi connectivity index (χ0) is 9.42. The average molecular weight is 178 g/mol. The van der Waals surface area contributed by atoms with Crippen LogP contribution in [0.5, 0.6) is 5.75 Å². The molecule has 0 fully saturated rings. The van der Waals surface area contributed by atoms with E-state index >= 15 is 0 Å². The van der Waals surface area contributed by atoms with Crippen LogP contribution < -0.4 is 15.8 Å². The molecule has 0 saturated heterocycles. The number of ether oxygens (including phenoxy) is 1. The molecule has 1 aromatic rings. The van der Waals surface area contributed by atoms with Crippen LogP contribution >= 0.6 is 0 Å². The third-order valence-corrected chi connectivity index (χ3v) is 2.40. The summed E-state index contributed by atoms with van der Waals surface area (Å²) in [5, 5.41) is 3.25. The fourth-order valence-corrected chi connectivity index (χ4v) is 1.74. The normalized spacial score (nSPS) is 19.5. The van der Waals surface area contributed by atoms with E-state index in [0.717, 1.165) is 23.5 Å². The minimum atomic E-state index is 0.101. The molecule has 1 atom stereocenters. The number of fused-ring (bicyclic) bond motifs is 1. The molecule has 13 heavy (non-hydrogen) atoms. The predicted octanol–water partition coefficient (Wildman–Crippen LogP) is 1.43. The zero-order valence-corrected chi connectivity index (χ0v) is 7.92. The van der Waals surface area contributed by atoms with Crippen molar-refractivity contribution >= 4 is 5.69 Å². The molecule has 1 heterocycles. The lowest BCUT2D eigenvalue weighted by Crippen LogP contribution is -2.11. The van der Waals surface area contributed by atoms with Crippen LogP contribution in [0.15, 0.2) is 12.1 Å². The molecule has 3 nitrogen and oxygen atoms in total. The minimum Gasteiger partial charge on any atom is -0.495 e. The van der Waals surface area contributed by atoms with Crippen LogP contribution in [0.3, 0.4) is 0 Å². The number of anilines is 1. The van der Waals surface area contributed by atoms with Gasteiger partial charge in [0.25, 0.3) is 0 Å². The Morgan fingerprint density at radius 2 is 2.31 bits per heavy atom. The van der Waals surface area contributed by atoms with Gasteiger partial charge >= 0.3 is 0 Å². The van der Waals surface area contributed by atoms with Crippen LogP contribution in [0.2, 0.25) is 0 Å². The van der Waals surface area contributed by atoms with Crippen LogP contribution in [0, 0.1) is 6.92 Å². The Labute approximate surface area is 77.9 Å². The molecule has 1 aromatic carbocycles. The van der Waals surface area contributed by atoms with Crippen LogP contribution in [0.25, 0.3) is 0 Å². The van der Waals surface area contributed by atoms with Crippen molar-refractivity contribution in [2.75, 3.05) is 19.0 Å². The van der Waals surface area contributed by atoms with Crippen molar-refractivity contribution in [2.45, 2.75) is 13.0 Å². The molecule has 1 aliphatic rings. The van der Waals surface area contributed by atoms with Crippen molar-refractivity contribution in [2.24, 2.45) is 5.73 Å². The minimum absolute atomic E-state index is 0.101. The fraction of sp³-hybridized carbons (Fsp3) is 0.400. The summed E-state index contributed by atoms with van der Waals surface area (Å²) in [6.45, 7) is 2.85. The largest absolute Gasteiger partial charge is 0.495 e. The molecular weight excluding hydrogens is 164 g/mol. The Morgan fingerprint density at radius 1 is 1.54 bits per heavy atom. The van der Waals surface area contributed by atoms with Crippen molar-refractivity contribution in [3.05, 3.63) is 23.3 Å². The highest BCUT2D eigenvalue weighted by molar-refractivity contribution is 5.67. The maximum atomic E-state index is 5.92. The van der Waals surface area contributed by atoms with E-state index < -0.39 is 0 Å². The number of nitrogens with one attached hydrogen (secondary N) is 1. The first kappa shape index (κ1) is 8.38. The van der Waals surface area contributed by atoms with Crippen LogP contribution in [-0.4, -0.2) is 13.7 Å². The summed E-state index contributed by atoms with van der Waals surface area (Å²) in [5.74, 6) is 0.892. The van der Waals surface area contributed by atoms with Gasteiger partial charge in [-0.2, -0.15) is 0 Å². The molecule has 0 amide bonds. The van der Waals surface area contributed by atoms with Crippen LogP contribution in [0.4, 0.5) is 5.69 Å². The number of hydrogen-bond acceptors (Lipinski definition) is 3. The van der Waals surface area contributed by atoms with E-state index in [1.807, 2.05) is 13.0 Å². The Bertz CT molecular complexity index is 336. The van der Waals surface area contributed by atoms with Gasteiger partial charge in [0.15, 0.2) is 0 Å². The summed E-state index contributed by atoms with van der Waals surface area (Å²) in [6.07, 6.45) is 0. The third kappa shape index (κ3) is 1.25. The second-order valence-electron chi connectivity index (χ2n) is 3.42. The summed E-state index contributed by atoms with van der Waals surface area (Å²) in [5.41, 5.74) is 9.33. The number of aryl methyl sites for hydroxylation is 1. The Hall–Kier alpha value is -1.22. The molecule has 0 saturated carbocycles. The van der Waals surface area contributed by atoms with E-state index in [0.29, 0.717) is 0 Å². The molecule has 70 valence electrons. The Balaban J connectivity index is 2.56. The number of rotatable bonds is 1. The number of benzene rings is 1. The topological polar surface area (TPSA) is 47.3 Å². The monoisotopic (exact) mass is 178 g/mol. The quantitative estimate of drug-likeness (QED) is 0.684. The summed E-state index contributed by atoms with van der Waals surface area (Å²) in [7, 11) is 1.68. The fourth-order valence-electron chi connectivity index (χ4n) is 1.74. The molecule has 3 N–H and O–H groups in total. The van der Waals surface area contributed by atoms with Gasteiger partial charge in [-0.1, -0.05) is 6.07 Å². The molecule has 0 bridgehead atoms. The Kier molecular flexibility index (Phi) is 1.88. The van der Waals surface area contributed by atoms with E-state index in [2.05, 4.69) is 11.4 Å². The lowest BCUT2D eigenvalue weighted by molar-refractivity contribution is 0.416. The van der Waals surface area contributed by atoms with Crippen molar-refractivity contribution in [1.82, 2.24) is 0 Å². The first-order valence-electron chi connectivity index (χ1n) is 4.40. The third-order valence-electron chi connectivity index (χ3n) is 2.40. The van der Waals surface area contributed by atoms with E-state index in [4.69, 9.17) is 10.5 Å². The average Bonchev–Trinajstić information content (AvgIpc) is 2.47. The SMILES string of the molecule is COc1cc(C)cc2c1NCC2N. The number of methoxy groups -OCH3 is 1. The summed E-state index contributed by atoms with van der Waals surface area (Å²) < 4.78 is 5.27. The highest BCUT2D eigenvalue weighted by Gasteiger charge is 2.21. The second-order valence-corrected chi connectivity index (χ2v) is 3.42. The first-order chi connectivity index (χ1) is 6.22. The van der Waals surface area contributed by atoms with Gasteiger partial charge in [-0.25, -0.2) is 0 Å². The van der Waals surface area contributed by atoms with Crippen LogP contribution in [0.1, 0.15) is 17.2 Å². The molecule has 1 aliphatic heterocycles. The lowest BCUT2D eigenvalue weighted by Gasteiger charge is -2.09. The van der Waals surface area contributed by atoms with Crippen LogP contribution in [-0.2, 0) is 0 Å². The second kappa shape index (κ2) is 2.92. The molecule has 1 unspecified atom stereocenters. The highest BCUT2D eigenvalue weighted by atomic mass is 16.5. The van der Waals surface area contributed by atoms with Crippen molar-refractivity contribution in [1.29, 1.82) is 0 Å². The van der Waals surface area contributed by atoms with Crippen molar-refractivity contribution in [3.8, 4) is 5.75 Å². The molecule has 0 aliphatic carbocycles. The maximum Gasteiger partial charge on any atom is 0.142 e. The van der Waals surface area contributed by atoms with Gasteiger partial charge in [-0.3, -0.25) is 0 Å². The standard InChI is InChI=1S/C10H14N2O/c1-6-3-7-8(11)5-12-10(7)9(4-6)13-2/h3-4,8,12H,5,11H2,1-2H3. The first-order valence-corrected chi connectivity index (χ1v) is 4.40. The van der Waals surface area contributed by atoms with Gasteiger partial charge in [-0.15, -0.1) is 0 Å². The summed E-state index contributed by atoms with van der Waals surface area (Å²) in [6, 6.07) is 4.23. The zero-order valence-electron chi connectivity index (χ0n) is 7.92. The summed E-state index contributed by atoms with van der Waals surface area (Å²) >= 11 is 0. The smallest absolute Gasteiger partial charge is 0.142 e. The van der Waals surface area contributed by atoms with E-state index in [1.165, 1.54) is 5.56 Å². The van der Waals surface area contributed by atoms with E-state index in [9.17, 15) is 0 Å². The maximum absolute atomic E-state index is 5.92. The summed E-state index contributed by atoms with van der Waals surface area (Å²) in [4.78, 5) is 0. The lowest BCUT2D eigenvalue weighted by atomic mass is 10.1. The molecule has 3 heteroatoms. The van der Waals surface area contributed by atoms with Gasteiger partial charge < -0.3 is 15.8 Å². The number of hydrogen-bond donors (Lipinski definition) is 2. The molecule has 0 aromatic heterocycles. The van der Waals surface area contributed by atoms with Gasteiger partial charge in [0.05, 0.1) is 12.8 Å². The van der Waals surface area contributed by atoms with Gasteiger partial charge in [0, 0.05) is 12.6 Å². The molecule has 0 spiro atoms. The number of nitrogens with two attached hydrogens (primary N) is 1. The Morgan fingerprint density at radius 3 is 3.00 bits per heavy atom. The molecule has 0 radical (unpaired) electrons. The predicted molar refractivity (Wildman–Crippen MR) is 53.1 cm³/mol. The van der Waals surface area contributed by atoms with Gasteiger partial charge in [-0.05, 0) is 24.1 Å². The van der Waals surface area contributed by atoms with E-state index in [1.54, 1.807) is 7.11 Å².